The van der Waals surface area contributed by atoms with Crippen LogP contribution in [-0.2, 0) is 16.0 Å². The van der Waals surface area contributed by atoms with E-state index in [-0.39, 0.29) is 13.5 Å². The summed E-state index contributed by atoms with van der Waals surface area (Å²) in [5.74, 6) is 0.391. The van der Waals surface area contributed by atoms with Gasteiger partial charge in [-0.2, -0.15) is 13.5 Å². The van der Waals surface area contributed by atoms with Gasteiger partial charge in [0.2, 0.25) is 0 Å². The summed E-state index contributed by atoms with van der Waals surface area (Å²) in [6, 6.07) is 8.64. The normalized spacial score (nSPS) is 15.2. The molecule has 4 heteroatoms. The number of methoxy groups -OCH3 is 1. The summed E-state index contributed by atoms with van der Waals surface area (Å²) in [6.07, 6.45) is 3.48. The lowest BCUT2D eigenvalue weighted by atomic mass is 10.1. The van der Waals surface area contributed by atoms with Crippen molar-refractivity contribution < 1.29 is 9.53 Å². The zero-order chi connectivity index (χ0) is 12.8. The van der Waals surface area contributed by atoms with Gasteiger partial charge in [0.15, 0.2) is 0 Å². The van der Waals surface area contributed by atoms with Crippen molar-refractivity contribution in [3.8, 4) is 0 Å². The van der Waals surface area contributed by atoms with Crippen molar-refractivity contribution in [1.82, 2.24) is 0 Å². The van der Waals surface area contributed by atoms with Crippen LogP contribution in [0.4, 0.5) is 5.69 Å². The number of hydrogen-bond donors (Lipinski definition) is 0. The molecule has 0 unspecified atom stereocenters. The summed E-state index contributed by atoms with van der Waals surface area (Å²) in [4.78, 5) is 13.5. The standard InChI is InChI=1S/C15H21NO2.H2S/c1-18-11-3-5-13-4-2-6-14(12-13)16-9-7-15(17)8-10-16;/h2,4,6,12H,3,5,7-11H2,1H3;1H2. The molecule has 0 amide bonds. The average Bonchev–Trinajstić information content (AvgIpc) is 2.40. The molecular formula is C15H23NO2S. The zero-order valence-electron chi connectivity index (χ0n) is 11.5. The highest BCUT2D eigenvalue weighted by atomic mass is 32.1. The molecule has 19 heavy (non-hydrogen) atoms. The minimum atomic E-state index is 0. The van der Waals surface area contributed by atoms with Gasteiger partial charge in [-0.1, -0.05) is 12.1 Å². The van der Waals surface area contributed by atoms with Crippen LogP contribution in [0.25, 0.3) is 0 Å². The Hall–Kier alpha value is -1.00. The molecule has 0 bridgehead atoms. The number of aryl methyl sites for hydroxylation is 1. The Bertz CT molecular complexity index is 399. The van der Waals surface area contributed by atoms with Gasteiger partial charge in [-0.25, -0.2) is 0 Å². The molecule has 0 atom stereocenters. The monoisotopic (exact) mass is 281 g/mol. The second kappa shape index (κ2) is 8.23. The molecule has 3 nitrogen and oxygen atoms in total. The summed E-state index contributed by atoms with van der Waals surface area (Å²) in [5, 5.41) is 0. The Kier molecular flexibility index (Phi) is 6.95. The predicted octanol–water partition coefficient (Wildman–Crippen LogP) is 2.55. The maximum atomic E-state index is 11.2. The van der Waals surface area contributed by atoms with Gasteiger partial charge in [-0.05, 0) is 30.5 Å². The quantitative estimate of drug-likeness (QED) is 0.777. The highest BCUT2D eigenvalue weighted by Gasteiger charge is 2.16. The highest BCUT2D eigenvalue weighted by Crippen LogP contribution is 2.20. The first-order valence-electron chi connectivity index (χ1n) is 6.64. The number of piperidine rings is 1. The molecule has 0 saturated carbocycles. The Morgan fingerprint density at radius 1 is 1.26 bits per heavy atom. The molecule has 0 aliphatic carbocycles. The largest absolute Gasteiger partial charge is 0.385 e. The van der Waals surface area contributed by atoms with Crippen molar-refractivity contribution in [3.05, 3.63) is 29.8 Å². The lowest BCUT2D eigenvalue weighted by Gasteiger charge is -2.28. The average molecular weight is 281 g/mol. The maximum Gasteiger partial charge on any atom is 0.136 e. The van der Waals surface area contributed by atoms with Crippen molar-refractivity contribution in [2.75, 3.05) is 31.7 Å². The van der Waals surface area contributed by atoms with E-state index < -0.39 is 0 Å². The summed E-state index contributed by atoms with van der Waals surface area (Å²) in [5.41, 5.74) is 2.60. The van der Waals surface area contributed by atoms with Crippen LogP contribution in [0.2, 0.25) is 0 Å². The summed E-state index contributed by atoms with van der Waals surface area (Å²) in [7, 11) is 1.74. The Balaban J connectivity index is 0.00000180. The number of hydrogen-bond acceptors (Lipinski definition) is 3. The smallest absolute Gasteiger partial charge is 0.136 e. The van der Waals surface area contributed by atoms with E-state index in [2.05, 4.69) is 29.2 Å². The van der Waals surface area contributed by atoms with Gasteiger partial charge in [0.1, 0.15) is 5.78 Å². The van der Waals surface area contributed by atoms with Gasteiger partial charge >= 0.3 is 0 Å². The van der Waals surface area contributed by atoms with Crippen molar-refractivity contribution in [3.63, 3.8) is 0 Å². The van der Waals surface area contributed by atoms with Crippen molar-refractivity contribution in [2.24, 2.45) is 0 Å². The number of carbonyl (C=O) groups is 1. The topological polar surface area (TPSA) is 29.5 Å². The fourth-order valence-electron chi connectivity index (χ4n) is 2.34. The molecule has 1 heterocycles. The Morgan fingerprint density at radius 2 is 2.00 bits per heavy atom. The molecule has 1 aliphatic heterocycles. The van der Waals surface area contributed by atoms with Gasteiger partial charge in [0, 0.05) is 45.3 Å². The molecule has 1 fully saturated rings. The van der Waals surface area contributed by atoms with Gasteiger partial charge in [-0.3, -0.25) is 4.79 Å². The number of ketones is 1. The van der Waals surface area contributed by atoms with Crippen LogP contribution in [0, 0.1) is 0 Å². The van der Waals surface area contributed by atoms with E-state index in [0.29, 0.717) is 18.6 Å². The number of nitrogens with zero attached hydrogens (tertiary/aromatic N) is 1. The van der Waals surface area contributed by atoms with Gasteiger partial charge in [0.25, 0.3) is 0 Å². The molecular weight excluding hydrogens is 258 g/mol. The third kappa shape index (κ3) is 4.88. The van der Waals surface area contributed by atoms with Crippen LogP contribution < -0.4 is 4.90 Å². The lowest BCUT2D eigenvalue weighted by molar-refractivity contribution is -0.119. The third-order valence-electron chi connectivity index (χ3n) is 3.41. The number of anilines is 1. The molecule has 1 saturated heterocycles. The van der Waals surface area contributed by atoms with E-state index in [4.69, 9.17) is 4.74 Å². The Morgan fingerprint density at radius 3 is 2.68 bits per heavy atom. The molecule has 1 aromatic carbocycles. The maximum absolute atomic E-state index is 11.2. The van der Waals surface area contributed by atoms with E-state index in [9.17, 15) is 4.79 Å². The van der Waals surface area contributed by atoms with Crippen molar-refractivity contribution in [1.29, 1.82) is 0 Å². The van der Waals surface area contributed by atoms with E-state index in [1.165, 1.54) is 11.3 Å². The highest BCUT2D eigenvalue weighted by molar-refractivity contribution is 7.59. The second-order valence-electron chi connectivity index (χ2n) is 4.79. The molecule has 0 aromatic heterocycles. The zero-order valence-corrected chi connectivity index (χ0v) is 12.5. The van der Waals surface area contributed by atoms with E-state index >= 15 is 0 Å². The Labute approximate surface area is 122 Å². The van der Waals surface area contributed by atoms with Crippen molar-refractivity contribution in [2.45, 2.75) is 25.7 Å². The van der Waals surface area contributed by atoms with Gasteiger partial charge in [0.05, 0.1) is 0 Å². The fourth-order valence-corrected chi connectivity index (χ4v) is 2.34. The summed E-state index contributed by atoms with van der Waals surface area (Å²) >= 11 is 0. The van der Waals surface area contributed by atoms with Crippen LogP contribution >= 0.6 is 13.5 Å². The first-order valence-corrected chi connectivity index (χ1v) is 6.64. The lowest BCUT2D eigenvalue weighted by Crippen LogP contribution is -2.33. The molecule has 2 rings (SSSR count). The van der Waals surface area contributed by atoms with Crippen LogP contribution in [0.5, 0.6) is 0 Å². The van der Waals surface area contributed by atoms with Crippen LogP contribution in [0.3, 0.4) is 0 Å². The van der Waals surface area contributed by atoms with E-state index in [0.717, 1.165) is 32.5 Å². The van der Waals surface area contributed by atoms with E-state index in [1.54, 1.807) is 7.11 Å². The second-order valence-corrected chi connectivity index (χ2v) is 4.79. The molecule has 1 aromatic rings. The molecule has 0 spiro atoms. The third-order valence-corrected chi connectivity index (χ3v) is 3.41. The first-order chi connectivity index (χ1) is 8.79. The predicted molar refractivity (Wildman–Crippen MR) is 83.5 cm³/mol. The SMILES string of the molecule is COCCCc1cccc(N2CCC(=O)CC2)c1.S. The minimum Gasteiger partial charge on any atom is -0.385 e. The van der Waals surface area contributed by atoms with Gasteiger partial charge in [-0.15, -0.1) is 0 Å². The number of Topliss-reactive ketones (excluding diaryl/α,β-unsaturated/α-hetero) is 1. The van der Waals surface area contributed by atoms with Gasteiger partial charge < -0.3 is 9.64 Å². The number of rotatable bonds is 5. The van der Waals surface area contributed by atoms with Crippen molar-refractivity contribution >= 4 is 25.0 Å². The van der Waals surface area contributed by atoms with Crippen LogP contribution in [-0.4, -0.2) is 32.6 Å². The number of ether oxygens (including phenoxy) is 1. The number of benzene rings is 1. The summed E-state index contributed by atoms with van der Waals surface area (Å²) < 4.78 is 5.07. The minimum absolute atomic E-state index is 0. The van der Waals surface area contributed by atoms with Crippen LogP contribution in [0.1, 0.15) is 24.8 Å². The molecule has 0 N–H and O–H groups in total. The van der Waals surface area contributed by atoms with E-state index in [1.807, 2.05) is 0 Å². The molecule has 106 valence electrons. The first kappa shape index (κ1) is 16.1. The van der Waals surface area contributed by atoms with Crippen LogP contribution in [0.15, 0.2) is 24.3 Å². The fraction of sp³-hybridized carbons (Fsp3) is 0.533. The summed E-state index contributed by atoms with van der Waals surface area (Å²) in [6.45, 7) is 2.53. The molecule has 0 radical (unpaired) electrons. The number of carbonyl (C=O) groups excluding carboxylic acids is 1. The molecule has 1 aliphatic rings.